The summed E-state index contributed by atoms with van der Waals surface area (Å²) in [6.07, 6.45) is 1.55. The van der Waals surface area contributed by atoms with E-state index in [9.17, 15) is 0 Å². The molecule has 2 rings (SSSR count). The molecule has 1 N–H and O–H groups in total. The standard InChI is InChI=1S/C10H9Cl2N3O/c11-7-1-2-8(9(12)5-7)10-13-6-15(14-10)3-4-16/h1-2,5-6,16H,3-4H2. The smallest absolute Gasteiger partial charge is 0.182 e. The predicted molar refractivity (Wildman–Crippen MR) is 62.6 cm³/mol. The Kier molecular flexibility index (Phi) is 3.43. The van der Waals surface area contributed by atoms with Crippen LogP contribution in [0.15, 0.2) is 24.5 Å². The van der Waals surface area contributed by atoms with Crippen LogP contribution in [-0.4, -0.2) is 26.5 Å². The molecule has 4 nitrogen and oxygen atoms in total. The van der Waals surface area contributed by atoms with E-state index in [1.54, 1.807) is 29.2 Å². The largest absolute Gasteiger partial charge is 0.394 e. The second kappa shape index (κ2) is 4.82. The lowest BCUT2D eigenvalue weighted by Crippen LogP contribution is -2.02. The minimum absolute atomic E-state index is 0.0250. The van der Waals surface area contributed by atoms with Crippen molar-refractivity contribution in [3.63, 3.8) is 0 Å². The summed E-state index contributed by atoms with van der Waals surface area (Å²) in [5, 5.41) is 14.0. The predicted octanol–water partition coefficient (Wildman–Crippen LogP) is 2.24. The molecule has 84 valence electrons. The molecular weight excluding hydrogens is 249 g/mol. The van der Waals surface area contributed by atoms with Gasteiger partial charge in [0.25, 0.3) is 0 Å². The fraction of sp³-hybridized carbons (Fsp3) is 0.200. The summed E-state index contributed by atoms with van der Waals surface area (Å²) >= 11 is 11.8. The van der Waals surface area contributed by atoms with Crippen LogP contribution < -0.4 is 0 Å². The lowest BCUT2D eigenvalue weighted by molar-refractivity contribution is 0.269. The van der Waals surface area contributed by atoms with Gasteiger partial charge in [0.1, 0.15) is 6.33 Å². The van der Waals surface area contributed by atoms with Gasteiger partial charge in [0.2, 0.25) is 0 Å². The summed E-state index contributed by atoms with van der Waals surface area (Å²) < 4.78 is 1.56. The van der Waals surface area contributed by atoms with Crippen molar-refractivity contribution in [1.29, 1.82) is 0 Å². The van der Waals surface area contributed by atoms with Crippen molar-refractivity contribution in [2.45, 2.75) is 6.54 Å². The molecule has 1 heterocycles. The number of rotatable bonds is 3. The van der Waals surface area contributed by atoms with E-state index >= 15 is 0 Å². The first-order valence-electron chi connectivity index (χ1n) is 4.66. The average molecular weight is 258 g/mol. The summed E-state index contributed by atoms with van der Waals surface area (Å²) in [5.74, 6) is 0.523. The monoisotopic (exact) mass is 257 g/mol. The number of benzene rings is 1. The highest BCUT2D eigenvalue weighted by molar-refractivity contribution is 6.36. The lowest BCUT2D eigenvalue weighted by atomic mass is 10.2. The SMILES string of the molecule is OCCn1cnc(-c2ccc(Cl)cc2Cl)n1. The average Bonchev–Trinajstić information content (AvgIpc) is 2.67. The van der Waals surface area contributed by atoms with Gasteiger partial charge in [-0.3, -0.25) is 4.68 Å². The first kappa shape index (κ1) is 11.4. The van der Waals surface area contributed by atoms with E-state index in [-0.39, 0.29) is 6.61 Å². The summed E-state index contributed by atoms with van der Waals surface area (Å²) in [6, 6.07) is 5.14. The van der Waals surface area contributed by atoms with E-state index in [1.807, 2.05) is 0 Å². The van der Waals surface area contributed by atoms with E-state index in [4.69, 9.17) is 28.3 Å². The molecule has 0 saturated heterocycles. The number of nitrogens with zero attached hydrogens (tertiary/aromatic N) is 3. The molecule has 0 aliphatic rings. The van der Waals surface area contributed by atoms with Crippen molar-refractivity contribution in [3.8, 4) is 11.4 Å². The topological polar surface area (TPSA) is 50.9 Å². The number of aliphatic hydroxyl groups is 1. The molecule has 0 amide bonds. The van der Waals surface area contributed by atoms with E-state index in [2.05, 4.69) is 10.1 Å². The fourth-order valence-electron chi connectivity index (χ4n) is 1.30. The second-order valence-corrected chi connectivity index (χ2v) is 4.02. The van der Waals surface area contributed by atoms with Crippen molar-refractivity contribution in [2.24, 2.45) is 0 Å². The third-order valence-corrected chi connectivity index (χ3v) is 2.59. The highest BCUT2D eigenvalue weighted by Gasteiger charge is 2.08. The van der Waals surface area contributed by atoms with Crippen LogP contribution in [0.1, 0.15) is 0 Å². The Morgan fingerprint density at radius 1 is 1.31 bits per heavy atom. The molecule has 16 heavy (non-hydrogen) atoms. The van der Waals surface area contributed by atoms with Crippen LogP contribution in [0.2, 0.25) is 10.0 Å². The van der Waals surface area contributed by atoms with Gasteiger partial charge in [-0.15, -0.1) is 0 Å². The van der Waals surface area contributed by atoms with Crippen molar-refractivity contribution < 1.29 is 5.11 Å². The first-order valence-corrected chi connectivity index (χ1v) is 5.42. The molecule has 0 spiro atoms. The van der Waals surface area contributed by atoms with Gasteiger partial charge in [-0.05, 0) is 18.2 Å². The molecule has 0 aliphatic heterocycles. The summed E-state index contributed by atoms with van der Waals surface area (Å²) in [6.45, 7) is 0.440. The molecule has 0 unspecified atom stereocenters. The summed E-state index contributed by atoms with van der Waals surface area (Å²) in [5.41, 5.74) is 0.725. The van der Waals surface area contributed by atoms with Crippen LogP contribution in [-0.2, 0) is 6.54 Å². The van der Waals surface area contributed by atoms with Crippen LogP contribution in [0.25, 0.3) is 11.4 Å². The third-order valence-electron chi connectivity index (χ3n) is 2.04. The quantitative estimate of drug-likeness (QED) is 0.918. The van der Waals surface area contributed by atoms with Gasteiger partial charge in [-0.1, -0.05) is 23.2 Å². The van der Waals surface area contributed by atoms with Gasteiger partial charge in [0, 0.05) is 10.6 Å². The molecule has 0 aliphatic carbocycles. The van der Waals surface area contributed by atoms with Crippen molar-refractivity contribution >= 4 is 23.2 Å². The molecule has 0 saturated carbocycles. The van der Waals surface area contributed by atoms with Crippen LogP contribution >= 0.6 is 23.2 Å². The van der Waals surface area contributed by atoms with E-state index in [0.717, 1.165) is 5.56 Å². The van der Waals surface area contributed by atoms with Crippen molar-refractivity contribution in [3.05, 3.63) is 34.6 Å². The number of hydrogen-bond donors (Lipinski definition) is 1. The zero-order valence-electron chi connectivity index (χ0n) is 8.27. The molecule has 1 aromatic heterocycles. The Morgan fingerprint density at radius 2 is 2.12 bits per heavy atom. The molecule has 6 heteroatoms. The Labute approximate surface area is 102 Å². The first-order chi connectivity index (χ1) is 7.70. The molecule has 2 aromatic rings. The third kappa shape index (κ3) is 2.35. The van der Waals surface area contributed by atoms with Gasteiger partial charge in [-0.2, -0.15) is 5.10 Å². The molecule has 0 bridgehead atoms. The Hall–Kier alpha value is -1.10. The van der Waals surface area contributed by atoms with Gasteiger partial charge >= 0.3 is 0 Å². The van der Waals surface area contributed by atoms with Crippen LogP contribution in [0, 0.1) is 0 Å². The normalized spacial score (nSPS) is 10.7. The maximum atomic E-state index is 8.76. The second-order valence-electron chi connectivity index (χ2n) is 3.18. The highest BCUT2D eigenvalue weighted by Crippen LogP contribution is 2.27. The summed E-state index contributed by atoms with van der Waals surface area (Å²) in [7, 11) is 0. The zero-order chi connectivity index (χ0) is 11.5. The van der Waals surface area contributed by atoms with Gasteiger partial charge < -0.3 is 5.11 Å². The minimum atomic E-state index is 0.0250. The lowest BCUT2D eigenvalue weighted by Gasteiger charge is -1.99. The zero-order valence-corrected chi connectivity index (χ0v) is 9.78. The fourth-order valence-corrected chi connectivity index (χ4v) is 1.79. The molecule has 0 fully saturated rings. The van der Waals surface area contributed by atoms with Crippen molar-refractivity contribution in [2.75, 3.05) is 6.61 Å². The van der Waals surface area contributed by atoms with Crippen molar-refractivity contribution in [1.82, 2.24) is 14.8 Å². The maximum absolute atomic E-state index is 8.76. The summed E-state index contributed by atoms with van der Waals surface area (Å²) in [4.78, 5) is 4.11. The van der Waals surface area contributed by atoms with Crippen LogP contribution in [0.4, 0.5) is 0 Å². The minimum Gasteiger partial charge on any atom is -0.394 e. The highest BCUT2D eigenvalue weighted by atomic mass is 35.5. The molecule has 1 aromatic carbocycles. The Bertz CT molecular complexity index is 499. The number of halogens is 2. The molecule has 0 atom stereocenters. The number of hydrogen-bond acceptors (Lipinski definition) is 3. The number of aromatic nitrogens is 3. The molecular formula is C10H9Cl2N3O. The van der Waals surface area contributed by atoms with E-state index in [1.165, 1.54) is 0 Å². The van der Waals surface area contributed by atoms with E-state index in [0.29, 0.717) is 22.4 Å². The van der Waals surface area contributed by atoms with Gasteiger partial charge in [0.15, 0.2) is 5.82 Å². The Morgan fingerprint density at radius 3 is 2.81 bits per heavy atom. The van der Waals surface area contributed by atoms with E-state index < -0.39 is 0 Å². The van der Waals surface area contributed by atoms with Gasteiger partial charge in [-0.25, -0.2) is 4.98 Å². The van der Waals surface area contributed by atoms with Crippen LogP contribution in [0.5, 0.6) is 0 Å². The Balaban J connectivity index is 2.35. The maximum Gasteiger partial charge on any atom is 0.182 e. The molecule has 0 radical (unpaired) electrons. The number of aliphatic hydroxyl groups excluding tert-OH is 1. The van der Waals surface area contributed by atoms with Crippen LogP contribution in [0.3, 0.4) is 0 Å². The van der Waals surface area contributed by atoms with Gasteiger partial charge in [0.05, 0.1) is 18.2 Å².